The van der Waals surface area contributed by atoms with Crippen LogP contribution >= 0.6 is 0 Å². The second-order valence-electron chi connectivity index (χ2n) is 6.72. The lowest BCUT2D eigenvalue weighted by Gasteiger charge is -2.35. The predicted molar refractivity (Wildman–Crippen MR) is 99.5 cm³/mol. The summed E-state index contributed by atoms with van der Waals surface area (Å²) in [5.74, 6) is 2.79. The topological polar surface area (TPSA) is 68.0 Å². The van der Waals surface area contributed by atoms with Crippen molar-refractivity contribution >= 4 is 0 Å². The van der Waals surface area contributed by atoms with Gasteiger partial charge in [-0.15, -0.1) is 0 Å². The molecule has 1 atom stereocenters. The average molecular weight is 360 g/mol. The first-order valence-electron chi connectivity index (χ1n) is 9.20. The third-order valence-corrected chi connectivity index (χ3v) is 5.10. The summed E-state index contributed by atoms with van der Waals surface area (Å²) in [5, 5.41) is 9.33. The maximum absolute atomic E-state index is 9.33. The summed E-state index contributed by atoms with van der Waals surface area (Å²) in [4.78, 5) is 7.16. The lowest BCUT2D eigenvalue weighted by atomic mass is 9.99. The number of benzene rings is 1. The van der Waals surface area contributed by atoms with Crippen molar-refractivity contribution in [2.75, 3.05) is 27.4 Å². The molecule has 6 nitrogen and oxygen atoms in total. The molecule has 142 valence electrons. The second kappa shape index (κ2) is 8.56. The van der Waals surface area contributed by atoms with Gasteiger partial charge in [-0.2, -0.15) is 0 Å². The maximum Gasteiger partial charge on any atom is 0.230 e. The lowest BCUT2D eigenvalue weighted by Crippen LogP contribution is -2.39. The van der Waals surface area contributed by atoms with E-state index in [2.05, 4.69) is 4.90 Å². The molecule has 0 unspecified atom stereocenters. The Morgan fingerprint density at radius 3 is 2.85 bits per heavy atom. The number of likely N-dealkylation sites (tertiary alicyclic amines) is 1. The number of methoxy groups -OCH3 is 2. The zero-order valence-electron chi connectivity index (χ0n) is 15.8. The minimum Gasteiger partial charge on any atom is -0.497 e. The molecular weight excluding hydrogens is 332 g/mol. The third kappa shape index (κ3) is 4.02. The largest absolute Gasteiger partial charge is 0.497 e. The number of piperidine rings is 1. The number of aliphatic hydroxyl groups excluding tert-OH is 1. The van der Waals surface area contributed by atoms with Gasteiger partial charge in [0.1, 0.15) is 17.3 Å². The SMILES string of the molecule is COc1ccc(-c2nc(CN3CCCC[C@H]3CCO)c(C)o2)c(OC)c1. The maximum atomic E-state index is 9.33. The molecule has 0 bridgehead atoms. The Morgan fingerprint density at radius 1 is 1.27 bits per heavy atom. The van der Waals surface area contributed by atoms with E-state index in [1.807, 2.05) is 25.1 Å². The van der Waals surface area contributed by atoms with Gasteiger partial charge in [-0.3, -0.25) is 4.90 Å². The molecule has 1 N–H and O–H groups in total. The van der Waals surface area contributed by atoms with Gasteiger partial charge in [-0.1, -0.05) is 6.42 Å². The molecule has 6 heteroatoms. The molecule has 1 aliphatic rings. The van der Waals surface area contributed by atoms with Crippen molar-refractivity contribution in [3.05, 3.63) is 29.7 Å². The summed E-state index contributed by atoms with van der Waals surface area (Å²) in [6.45, 7) is 3.97. The Bertz CT molecular complexity index is 727. The van der Waals surface area contributed by atoms with Crippen LogP contribution in [-0.4, -0.2) is 48.4 Å². The van der Waals surface area contributed by atoms with Gasteiger partial charge in [0, 0.05) is 25.3 Å². The highest BCUT2D eigenvalue weighted by Crippen LogP contribution is 2.34. The Kier molecular flexibility index (Phi) is 6.16. The molecule has 2 aromatic rings. The van der Waals surface area contributed by atoms with Gasteiger partial charge in [0.2, 0.25) is 5.89 Å². The van der Waals surface area contributed by atoms with Crippen LogP contribution in [0.1, 0.15) is 37.1 Å². The Labute approximate surface area is 154 Å². The number of hydrogen-bond donors (Lipinski definition) is 1. The first-order valence-corrected chi connectivity index (χ1v) is 9.20. The highest BCUT2D eigenvalue weighted by molar-refractivity contribution is 5.65. The van der Waals surface area contributed by atoms with Crippen LogP contribution in [0.2, 0.25) is 0 Å². The van der Waals surface area contributed by atoms with Crippen LogP contribution in [0.5, 0.6) is 11.5 Å². The molecule has 1 saturated heterocycles. The number of aliphatic hydroxyl groups is 1. The first kappa shape index (κ1) is 18.7. The van der Waals surface area contributed by atoms with Crippen LogP contribution in [0.3, 0.4) is 0 Å². The standard InChI is InChI=1S/C20H28N2O4/c1-14-18(13-22-10-5-4-6-15(22)9-11-23)21-20(26-14)17-8-7-16(24-2)12-19(17)25-3/h7-8,12,15,23H,4-6,9-11,13H2,1-3H3/t15-/m0/s1. The van der Waals surface area contributed by atoms with Gasteiger partial charge >= 0.3 is 0 Å². The summed E-state index contributed by atoms with van der Waals surface area (Å²) >= 11 is 0. The smallest absolute Gasteiger partial charge is 0.230 e. The molecule has 1 aliphatic heterocycles. The molecule has 0 radical (unpaired) electrons. The van der Waals surface area contributed by atoms with Crippen LogP contribution in [0.25, 0.3) is 11.5 Å². The zero-order chi connectivity index (χ0) is 18.5. The fourth-order valence-electron chi connectivity index (χ4n) is 3.60. The minimum absolute atomic E-state index is 0.229. The second-order valence-corrected chi connectivity index (χ2v) is 6.72. The van der Waals surface area contributed by atoms with E-state index in [0.29, 0.717) is 17.7 Å². The van der Waals surface area contributed by atoms with Crippen LogP contribution in [0.4, 0.5) is 0 Å². The van der Waals surface area contributed by atoms with Crippen molar-refractivity contribution in [1.82, 2.24) is 9.88 Å². The van der Waals surface area contributed by atoms with E-state index in [1.54, 1.807) is 14.2 Å². The molecule has 0 saturated carbocycles. The highest BCUT2D eigenvalue weighted by atomic mass is 16.5. The molecule has 3 rings (SSSR count). The first-order chi connectivity index (χ1) is 12.7. The Morgan fingerprint density at radius 2 is 2.12 bits per heavy atom. The van der Waals surface area contributed by atoms with Gasteiger partial charge in [-0.05, 0) is 44.9 Å². The van der Waals surface area contributed by atoms with E-state index in [0.717, 1.165) is 48.7 Å². The van der Waals surface area contributed by atoms with E-state index in [1.165, 1.54) is 12.8 Å². The number of aryl methyl sites for hydroxylation is 1. The number of ether oxygens (including phenoxy) is 2. The summed E-state index contributed by atoms with van der Waals surface area (Å²) in [6, 6.07) is 6.03. The van der Waals surface area contributed by atoms with Crippen molar-refractivity contribution < 1.29 is 19.0 Å². The fraction of sp³-hybridized carbons (Fsp3) is 0.550. The highest BCUT2D eigenvalue weighted by Gasteiger charge is 2.24. The van der Waals surface area contributed by atoms with Crippen LogP contribution in [0.15, 0.2) is 22.6 Å². The predicted octanol–water partition coefficient (Wildman–Crippen LogP) is 3.40. The van der Waals surface area contributed by atoms with Crippen molar-refractivity contribution in [3.63, 3.8) is 0 Å². The number of oxazole rings is 1. The Balaban J connectivity index is 1.83. The van der Waals surface area contributed by atoms with Crippen molar-refractivity contribution in [2.24, 2.45) is 0 Å². The Hall–Kier alpha value is -2.05. The van der Waals surface area contributed by atoms with Crippen molar-refractivity contribution in [1.29, 1.82) is 0 Å². The molecule has 1 aromatic heterocycles. The number of hydrogen-bond acceptors (Lipinski definition) is 6. The van der Waals surface area contributed by atoms with Gasteiger partial charge in [0.05, 0.1) is 25.5 Å². The average Bonchev–Trinajstić information content (AvgIpc) is 3.03. The molecule has 0 aliphatic carbocycles. The number of rotatable bonds is 7. The molecule has 0 amide bonds. The molecular formula is C20H28N2O4. The van der Waals surface area contributed by atoms with E-state index in [9.17, 15) is 5.11 Å². The van der Waals surface area contributed by atoms with Crippen molar-refractivity contribution in [2.45, 2.75) is 45.2 Å². The van der Waals surface area contributed by atoms with E-state index in [4.69, 9.17) is 18.9 Å². The zero-order valence-corrected chi connectivity index (χ0v) is 15.8. The monoisotopic (exact) mass is 360 g/mol. The minimum atomic E-state index is 0.229. The summed E-state index contributed by atoms with van der Waals surface area (Å²) in [7, 11) is 3.26. The summed E-state index contributed by atoms with van der Waals surface area (Å²) < 4.78 is 16.7. The van der Waals surface area contributed by atoms with Crippen molar-refractivity contribution in [3.8, 4) is 23.0 Å². The van der Waals surface area contributed by atoms with E-state index >= 15 is 0 Å². The van der Waals surface area contributed by atoms with Gasteiger partial charge in [-0.25, -0.2) is 4.98 Å². The number of aromatic nitrogens is 1. The van der Waals surface area contributed by atoms with Crippen LogP contribution < -0.4 is 9.47 Å². The van der Waals surface area contributed by atoms with Crippen LogP contribution in [-0.2, 0) is 6.54 Å². The number of nitrogens with zero attached hydrogens (tertiary/aromatic N) is 2. The normalized spacial score (nSPS) is 18.1. The molecule has 1 fully saturated rings. The van der Waals surface area contributed by atoms with E-state index < -0.39 is 0 Å². The summed E-state index contributed by atoms with van der Waals surface area (Å²) in [5.41, 5.74) is 1.76. The third-order valence-electron chi connectivity index (χ3n) is 5.10. The quantitative estimate of drug-likeness (QED) is 0.816. The lowest BCUT2D eigenvalue weighted by molar-refractivity contribution is 0.111. The molecule has 26 heavy (non-hydrogen) atoms. The summed E-state index contributed by atoms with van der Waals surface area (Å²) in [6.07, 6.45) is 4.37. The van der Waals surface area contributed by atoms with Gasteiger partial charge in [0.25, 0.3) is 0 Å². The molecule has 2 heterocycles. The molecule has 0 spiro atoms. The van der Waals surface area contributed by atoms with Gasteiger partial charge in [0.15, 0.2) is 0 Å². The fourth-order valence-corrected chi connectivity index (χ4v) is 3.60. The molecule has 1 aromatic carbocycles. The van der Waals surface area contributed by atoms with E-state index in [-0.39, 0.29) is 6.61 Å². The van der Waals surface area contributed by atoms with Crippen LogP contribution in [0, 0.1) is 6.92 Å². The van der Waals surface area contributed by atoms with Gasteiger partial charge < -0.3 is 19.0 Å².